The van der Waals surface area contributed by atoms with E-state index in [1.807, 2.05) is 6.92 Å². The van der Waals surface area contributed by atoms with Crippen LogP contribution >= 0.6 is 0 Å². The lowest BCUT2D eigenvalue weighted by Crippen LogP contribution is -2.46. The maximum absolute atomic E-state index is 12.5. The number of aliphatic hydroxyl groups is 1. The lowest BCUT2D eigenvalue weighted by Gasteiger charge is -2.32. The summed E-state index contributed by atoms with van der Waals surface area (Å²) in [5, 5.41) is 9.43. The van der Waals surface area contributed by atoms with Gasteiger partial charge in [-0.25, -0.2) is 8.42 Å². The van der Waals surface area contributed by atoms with Crippen LogP contribution in [-0.2, 0) is 14.8 Å². The van der Waals surface area contributed by atoms with Crippen LogP contribution in [0.4, 0.5) is 0 Å². The number of morpholine rings is 1. The normalized spacial score (nSPS) is 23.2. The summed E-state index contributed by atoms with van der Waals surface area (Å²) in [5.41, 5.74) is 0.703. The average Bonchev–Trinajstić information content (AvgIpc) is 2.39. The van der Waals surface area contributed by atoms with Gasteiger partial charge in [0.25, 0.3) is 0 Å². The molecule has 1 fully saturated rings. The van der Waals surface area contributed by atoms with E-state index in [-0.39, 0.29) is 10.9 Å². The van der Waals surface area contributed by atoms with Crippen LogP contribution in [-0.4, -0.2) is 43.6 Å². The van der Waals surface area contributed by atoms with Gasteiger partial charge < -0.3 is 9.84 Å². The number of benzene rings is 1. The third-order valence-corrected chi connectivity index (χ3v) is 5.30. The topological polar surface area (TPSA) is 66.8 Å². The first-order valence-electron chi connectivity index (χ1n) is 6.30. The highest BCUT2D eigenvalue weighted by molar-refractivity contribution is 7.89. The first-order valence-corrected chi connectivity index (χ1v) is 7.74. The molecule has 6 heteroatoms. The van der Waals surface area contributed by atoms with Gasteiger partial charge in [-0.05, 0) is 31.5 Å². The maximum atomic E-state index is 12.5. The van der Waals surface area contributed by atoms with Gasteiger partial charge >= 0.3 is 0 Å². The predicted octanol–water partition coefficient (Wildman–Crippen LogP) is 1.15. The van der Waals surface area contributed by atoms with Gasteiger partial charge in [0.1, 0.15) is 0 Å². The Kier molecular flexibility index (Phi) is 4.25. The standard InChI is InChI=1S/C13H19NO4S/c1-10-9-18-8-7-14(10)19(16,17)13-5-3-12(4-6-13)11(2)15/h3-6,10-11,15H,7-9H2,1-2H3. The van der Waals surface area contributed by atoms with Gasteiger partial charge in [0.15, 0.2) is 0 Å². The molecule has 0 aliphatic carbocycles. The Morgan fingerprint density at radius 1 is 1.37 bits per heavy atom. The second kappa shape index (κ2) is 5.58. The molecule has 1 aliphatic heterocycles. The summed E-state index contributed by atoms with van der Waals surface area (Å²) in [6, 6.07) is 6.21. The lowest BCUT2D eigenvalue weighted by atomic mass is 10.1. The molecule has 0 amide bonds. The average molecular weight is 285 g/mol. The summed E-state index contributed by atoms with van der Waals surface area (Å²) in [6.07, 6.45) is -0.598. The first kappa shape index (κ1) is 14.5. The van der Waals surface area contributed by atoms with Crippen molar-refractivity contribution in [1.82, 2.24) is 4.31 Å². The third kappa shape index (κ3) is 2.97. The molecular weight excluding hydrogens is 266 g/mol. The van der Waals surface area contributed by atoms with Gasteiger partial charge in [-0.2, -0.15) is 4.31 Å². The molecule has 1 saturated heterocycles. The Bertz CT molecular complexity index is 524. The molecule has 19 heavy (non-hydrogen) atoms. The zero-order valence-electron chi connectivity index (χ0n) is 11.1. The van der Waals surface area contributed by atoms with Gasteiger partial charge in [0, 0.05) is 12.6 Å². The minimum absolute atomic E-state index is 0.157. The van der Waals surface area contributed by atoms with Crippen LogP contribution in [0.5, 0.6) is 0 Å². The molecule has 1 aromatic carbocycles. The second-order valence-electron chi connectivity index (χ2n) is 4.78. The van der Waals surface area contributed by atoms with Crippen molar-refractivity contribution in [2.24, 2.45) is 0 Å². The molecule has 1 N–H and O–H groups in total. The van der Waals surface area contributed by atoms with Crippen molar-refractivity contribution >= 4 is 10.0 Å². The van der Waals surface area contributed by atoms with Gasteiger partial charge in [0.05, 0.1) is 24.2 Å². The van der Waals surface area contributed by atoms with Crippen molar-refractivity contribution in [2.45, 2.75) is 30.9 Å². The number of hydrogen-bond donors (Lipinski definition) is 1. The highest BCUT2D eigenvalue weighted by Gasteiger charge is 2.31. The number of rotatable bonds is 3. The van der Waals surface area contributed by atoms with E-state index in [2.05, 4.69) is 0 Å². The van der Waals surface area contributed by atoms with Crippen LogP contribution in [0.1, 0.15) is 25.5 Å². The fraction of sp³-hybridized carbons (Fsp3) is 0.538. The summed E-state index contributed by atoms with van der Waals surface area (Å²) in [5.74, 6) is 0. The first-order chi connectivity index (χ1) is 8.93. The van der Waals surface area contributed by atoms with Crippen LogP contribution in [0, 0.1) is 0 Å². The number of ether oxygens (including phenoxy) is 1. The molecule has 2 unspecified atom stereocenters. The minimum Gasteiger partial charge on any atom is -0.389 e. The van der Waals surface area contributed by atoms with Gasteiger partial charge in [-0.1, -0.05) is 12.1 Å². The van der Waals surface area contributed by atoms with E-state index in [4.69, 9.17) is 4.74 Å². The summed E-state index contributed by atoms with van der Waals surface area (Å²) in [6.45, 7) is 4.70. The SMILES string of the molecule is CC(O)c1ccc(S(=O)(=O)N2CCOCC2C)cc1. The van der Waals surface area contributed by atoms with Crippen LogP contribution in [0.15, 0.2) is 29.2 Å². The number of hydrogen-bond acceptors (Lipinski definition) is 4. The quantitative estimate of drug-likeness (QED) is 0.904. The van der Waals surface area contributed by atoms with E-state index in [9.17, 15) is 13.5 Å². The van der Waals surface area contributed by atoms with E-state index in [1.165, 1.54) is 4.31 Å². The van der Waals surface area contributed by atoms with Crippen LogP contribution < -0.4 is 0 Å². The van der Waals surface area contributed by atoms with Gasteiger partial charge in [-0.3, -0.25) is 0 Å². The zero-order valence-corrected chi connectivity index (χ0v) is 11.9. The Morgan fingerprint density at radius 2 is 2.00 bits per heavy atom. The molecular formula is C13H19NO4S. The van der Waals surface area contributed by atoms with Gasteiger partial charge in [-0.15, -0.1) is 0 Å². The molecule has 1 aliphatic rings. The third-order valence-electron chi connectivity index (χ3n) is 3.28. The van der Waals surface area contributed by atoms with Crippen molar-refractivity contribution in [2.75, 3.05) is 19.8 Å². The summed E-state index contributed by atoms with van der Waals surface area (Å²) in [4.78, 5) is 0.255. The highest BCUT2D eigenvalue weighted by Crippen LogP contribution is 2.22. The smallest absolute Gasteiger partial charge is 0.243 e. The summed E-state index contributed by atoms with van der Waals surface area (Å²) >= 11 is 0. The summed E-state index contributed by atoms with van der Waals surface area (Å²) < 4.78 is 31.7. The van der Waals surface area contributed by atoms with Crippen molar-refractivity contribution in [3.8, 4) is 0 Å². The molecule has 0 saturated carbocycles. The maximum Gasteiger partial charge on any atom is 0.243 e. The largest absolute Gasteiger partial charge is 0.389 e. The van der Waals surface area contributed by atoms with Crippen LogP contribution in [0.25, 0.3) is 0 Å². The number of aliphatic hydroxyl groups excluding tert-OH is 1. The monoisotopic (exact) mass is 285 g/mol. The molecule has 2 atom stereocenters. The molecule has 1 heterocycles. The molecule has 0 bridgehead atoms. The Labute approximate surface area is 113 Å². The molecule has 0 radical (unpaired) electrons. The van der Waals surface area contributed by atoms with E-state index < -0.39 is 16.1 Å². The van der Waals surface area contributed by atoms with Gasteiger partial charge in [0.2, 0.25) is 10.0 Å². The molecule has 106 valence electrons. The Morgan fingerprint density at radius 3 is 2.53 bits per heavy atom. The fourth-order valence-electron chi connectivity index (χ4n) is 2.12. The highest BCUT2D eigenvalue weighted by atomic mass is 32.2. The number of nitrogens with zero attached hydrogens (tertiary/aromatic N) is 1. The predicted molar refractivity (Wildman–Crippen MR) is 71.2 cm³/mol. The Hall–Kier alpha value is -0.950. The van der Waals surface area contributed by atoms with Crippen molar-refractivity contribution in [3.63, 3.8) is 0 Å². The van der Waals surface area contributed by atoms with E-state index in [0.717, 1.165) is 0 Å². The van der Waals surface area contributed by atoms with Crippen molar-refractivity contribution in [3.05, 3.63) is 29.8 Å². The fourth-order valence-corrected chi connectivity index (χ4v) is 3.72. The van der Waals surface area contributed by atoms with Crippen molar-refractivity contribution < 1.29 is 18.3 Å². The zero-order chi connectivity index (χ0) is 14.0. The molecule has 0 aromatic heterocycles. The molecule has 5 nitrogen and oxygen atoms in total. The van der Waals surface area contributed by atoms with Crippen LogP contribution in [0.3, 0.4) is 0 Å². The molecule has 1 aromatic rings. The lowest BCUT2D eigenvalue weighted by molar-refractivity contribution is 0.0393. The van der Waals surface area contributed by atoms with E-state index in [0.29, 0.717) is 25.3 Å². The van der Waals surface area contributed by atoms with Crippen molar-refractivity contribution in [1.29, 1.82) is 0 Å². The number of sulfonamides is 1. The molecule has 0 spiro atoms. The Balaban J connectivity index is 2.28. The summed E-state index contributed by atoms with van der Waals surface area (Å²) in [7, 11) is -3.48. The molecule has 2 rings (SSSR count). The second-order valence-corrected chi connectivity index (χ2v) is 6.68. The van der Waals surface area contributed by atoms with E-state index in [1.54, 1.807) is 31.2 Å². The minimum atomic E-state index is -3.48. The van der Waals surface area contributed by atoms with E-state index >= 15 is 0 Å². The van der Waals surface area contributed by atoms with Crippen LogP contribution in [0.2, 0.25) is 0 Å².